The summed E-state index contributed by atoms with van der Waals surface area (Å²) in [6.45, 7) is 3.08. The summed E-state index contributed by atoms with van der Waals surface area (Å²) in [4.78, 5) is 27.3. The number of hydrogen-bond donors (Lipinski definition) is 2. The van der Waals surface area contributed by atoms with Crippen LogP contribution in [0, 0.1) is 5.92 Å². The molecule has 1 aliphatic carbocycles. The van der Waals surface area contributed by atoms with Gasteiger partial charge in [0.1, 0.15) is 23.6 Å². The first-order valence-electron chi connectivity index (χ1n) is 13.4. The first-order chi connectivity index (χ1) is 17.6. The lowest BCUT2D eigenvalue weighted by Crippen LogP contribution is -2.52. The number of nitrogens with zero attached hydrogens (tertiary/aromatic N) is 1. The Morgan fingerprint density at radius 2 is 1.89 bits per heavy atom. The minimum atomic E-state index is -0.439. The lowest BCUT2D eigenvalue weighted by molar-refractivity contribution is -0.0829. The molecule has 3 unspecified atom stereocenters. The second kappa shape index (κ2) is 13.3. The van der Waals surface area contributed by atoms with E-state index in [1.54, 1.807) is 7.11 Å². The van der Waals surface area contributed by atoms with Gasteiger partial charge >= 0.3 is 0 Å². The van der Waals surface area contributed by atoms with E-state index >= 15 is 0 Å². The number of nitrogens with one attached hydrogen (secondary N) is 1. The van der Waals surface area contributed by atoms with Crippen LogP contribution in [-0.4, -0.2) is 58.7 Å². The van der Waals surface area contributed by atoms with E-state index in [9.17, 15) is 9.59 Å². The lowest BCUT2D eigenvalue weighted by Gasteiger charge is -2.39. The Hall–Kier alpha value is -2.26. The van der Waals surface area contributed by atoms with E-state index < -0.39 is 10.9 Å². The van der Waals surface area contributed by atoms with Crippen molar-refractivity contribution < 1.29 is 14.2 Å². The number of nitrogens with two attached hydrogens (primary N) is 1. The third kappa shape index (κ3) is 6.54. The van der Waals surface area contributed by atoms with Crippen LogP contribution in [0.25, 0.3) is 0 Å². The Bertz CT molecular complexity index is 1000. The van der Waals surface area contributed by atoms with Crippen LogP contribution < -0.4 is 26.8 Å². The van der Waals surface area contributed by atoms with Crippen molar-refractivity contribution in [1.29, 1.82) is 0 Å². The SMILES string of the molecule is COCCCOC(c1ccccc1)C1CN(c2c(NC(CN)CC3CCCCC3)c(=O)c2=O)CCO1. The van der Waals surface area contributed by atoms with Crippen molar-refractivity contribution in [3.63, 3.8) is 0 Å². The summed E-state index contributed by atoms with van der Waals surface area (Å²) in [5.41, 5.74) is 7.13. The minimum absolute atomic E-state index is 0.00632. The highest BCUT2D eigenvalue weighted by atomic mass is 16.5. The van der Waals surface area contributed by atoms with Gasteiger partial charge in [0, 0.05) is 46.0 Å². The van der Waals surface area contributed by atoms with Crippen LogP contribution >= 0.6 is 0 Å². The van der Waals surface area contributed by atoms with Gasteiger partial charge in [-0.25, -0.2) is 0 Å². The smallest absolute Gasteiger partial charge is 0.253 e. The largest absolute Gasteiger partial charge is 0.385 e. The van der Waals surface area contributed by atoms with Crippen LogP contribution in [-0.2, 0) is 14.2 Å². The molecule has 2 aromatic carbocycles. The summed E-state index contributed by atoms with van der Waals surface area (Å²) in [6.07, 6.45) is 7.43. The number of methoxy groups -OCH3 is 1. The van der Waals surface area contributed by atoms with Crippen LogP contribution in [0.2, 0.25) is 0 Å². The van der Waals surface area contributed by atoms with Crippen molar-refractivity contribution in [3.8, 4) is 0 Å². The van der Waals surface area contributed by atoms with Gasteiger partial charge in [0.05, 0.1) is 6.61 Å². The Morgan fingerprint density at radius 1 is 1.11 bits per heavy atom. The fraction of sp³-hybridized carbons (Fsp3) is 0.643. The highest BCUT2D eigenvalue weighted by Gasteiger charge is 2.35. The van der Waals surface area contributed by atoms with E-state index in [0.29, 0.717) is 56.7 Å². The third-order valence-electron chi connectivity index (χ3n) is 7.53. The molecule has 3 N–H and O–H groups in total. The molecule has 2 aromatic rings. The zero-order valence-electron chi connectivity index (χ0n) is 21.5. The molecule has 1 heterocycles. The van der Waals surface area contributed by atoms with Crippen molar-refractivity contribution in [2.24, 2.45) is 11.7 Å². The van der Waals surface area contributed by atoms with Gasteiger partial charge in [0.15, 0.2) is 0 Å². The zero-order valence-corrected chi connectivity index (χ0v) is 21.5. The summed E-state index contributed by atoms with van der Waals surface area (Å²) in [6, 6.07) is 10.0. The van der Waals surface area contributed by atoms with Crippen molar-refractivity contribution >= 4 is 11.4 Å². The summed E-state index contributed by atoms with van der Waals surface area (Å²) in [5, 5.41) is 3.36. The molecule has 4 rings (SSSR count). The maximum atomic E-state index is 12.7. The molecule has 1 aliphatic heterocycles. The van der Waals surface area contributed by atoms with Gasteiger partial charge in [-0.15, -0.1) is 0 Å². The standard InChI is InChI=1S/C28H41N3O5/c1-34-14-8-15-36-28(21-11-6-3-7-12-21)23-19-31(13-16-35-23)25-24(26(32)27(25)33)30-22(18-29)17-20-9-4-2-5-10-20/h3,6-7,11-12,20,22-23,28,30H,2,4-5,8-10,13-19,29H2,1H3. The molecule has 2 aliphatic rings. The average molecular weight is 500 g/mol. The van der Waals surface area contributed by atoms with Crippen LogP contribution in [0.15, 0.2) is 39.9 Å². The molecule has 8 heteroatoms. The van der Waals surface area contributed by atoms with E-state index in [2.05, 4.69) is 5.32 Å². The lowest BCUT2D eigenvalue weighted by atomic mass is 9.84. The van der Waals surface area contributed by atoms with Gasteiger partial charge in [-0.05, 0) is 24.3 Å². The minimum Gasteiger partial charge on any atom is -0.385 e. The van der Waals surface area contributed by atoms with Gasteiger partial charge in [-0.1, -0.05) is 62.4 Å². The highest BCUT2D eigenvalue weighted by molar-refractivity contribution is 5.75. The number of morpholine rings is 1. The predicted octanol–water partition coefficient (Wildman–Crippen LogP) is 2.99. The van der Waals surface area contributed by atoms with Crippen molar-refractivity contribution in [3.05, 3.63) is 56.3 Å². The maximum Gasteiger partial charge on any atom is 0.253 e. The third-order valence-corrected chi connectivity index (χ3v) is 7.53. The molecule has 0 amide bonds. The molecule has 8 nitrogen and oxygen atoms in total. The van der Waals surface area contributed by atoms with Gasteiger partial charge in [0.25, 0.3) is 10.9 Å². The van der Waals surface area contributed by atoms with Crippen LogP contribution in [0.4, 0.5) is 11.4 Å². The zero-order chi connectivity index (χ0) is 25.3. The fourth-order valence-corrected chi connectivity index (χ4v) is 5.59. The quantitative estimate of drug-likeness (QED) is 0.320. The first kappa shape index (κ1) is 26.8. The molecule has 0 bridgehead atoms. The molecule has 1 saturated heterocycles. The highest BCUT2D eigenvalue weighted by Crippen LogP contribution is 2.32. The summed E-state index contributed by atoms with van der Waals surface area (Å²) < 4.78 is 17.6. The van der Waals surface area contributed by atoms with E-state index in [0.717, 1.165) is 18.4 Å². The number of hydrogen-bond acceptors (Lipinski definition) is 8. The Kier molecular flexibility index (Phi) is 9.92. The van der Waals surface area contributed by atoms with Gasteiger partial charge in [-0.2, -0.15) is 0 Å². The molecule has 3 atom stereocenters. The monoisotopic (exact) mass is 499 g/mol. The molecule has 2 fully saturated rings. The maximum absolute atomic E-state index is 12.7. The molecule has 0 radical (unpaired) electrons. The van der Waals surface area contributed by atoms with Crippen molar-refractivity contribution in [2.45, 2.75) is 63.2 Å². The number of rotatable bonds is 13. The van der Waals surface area contributed by atoms with E-state index in [4.69, 9.17) is 19.9 Å². The second-order valence-corrected chi connectivity index (χ2v) is 10.1. The summed E-state index contributed by atoms with van der Waals surface area (Å²) >= 11 is 0. The van der Waals surface area contributed by atoms with Crippen molar-refractivity contribution in [2.75, 3.05) is 56.8 Å². The Morgan fingerprint density at radius 3 is 2.61 bits per heavy atom. The molecule has 198 valence electrons. The van der Waals surface area contributed by atoms with Crippen molar-refractivity contribution in [1.82, 2.24) is 0 Å². The average Bonchev–Trinajstić information content (AvgIpc) is 2.93. The normalized spacial score (nSPS) is 20.9. The molecule has 36 heavy (non-hydrogen) atoms. The van der Waals surface area contributed by atoms with Crippen LogP contribution in [0.3, 0.4) is 0 Å². The fourth-order valence-electron chi connectivity index (χ4n) is 5.59. The topological polar surface area (TPSA) is 103 Å². The van der Waals surface area contributed by atoms with E-state index in [1.807, 2.05) is 35.2 Å². The van der Waals surface area contributed by atoms with Gasteiger partial charge < -0.3 is 30.2 Å². The van der Waals surface area contributed by atoms with Crippen LogP contribution in [0.5, 0.6) is 0 Å². The summed E-state index contributed by atoms with van der Waals surface area (Å²) in [5.74, 6) is 0.629. The number of benzene rings is 1. The van der Waals surface area contributed by atoms with Crippen LogP contribution in [0.1, 0.15) is 56.6 Å². The molecule has 1 saturated carbocycles. The second-order valence-electron chi connectivity index (χ2n) is 10.1. The summed E-state index contributed by atoms with van der Waals surface area (Å²) in [7, 11) is 1.68. The number of anilines is 2. The predicted molar refractivity (Wildman–Crippen MR) is 143 cm³/mol. The first-order valence-corrected chi connectivity index (χ1v) is 13.4. The van der Waals surface area contributed by atoms with E-state index in [1.165, 1.54) is 32.1 Å². The molecule has 0 spiro atoms. The Balaban J connectivity index is 1.46. The molecular weight excluding hydrogens is 458 g/mol. The molecular formula is C28H41N3O5. The van der Waals surface area contributed by atoms with Gasteiger partial charge in [0.2, 0.25) is 0 Å². The van der Waals surface area contributed by atoms with Gasteiger partial charge in [-0.3, -0.25) is 9.59 Å². The Labute approximate surface area is 213 Å². The number of ether oxygens (including phenoxy) is 3. The van der Waals surface area contributed by atoms with E-state index in [-0.39, 0.29) is 18.2 Å². The molecule has 0 aromatic heterocycles.